The van der Waals surface area contributed by atoms with Gasteiger partial charge in [0.05, 0.1) is 6.10 Å². The smallest absolute Gasteiger partial charge is 0.217 e. The normalized spacial score (nSPS) is 25.8. The van der Waals surface area contributed by atoms with E-state index in [1.807, 2.05) is 26.8 Å². The molecule has 1 unspecified atom stereocenters. The Labute approximate surface area is 83.4 Å². The molecule has 1 N–H and O–H groups in total. The molecule has 1 aliphatic carbocycles. The third-order valence-corrected chi connectivity index (χ3v) is 3.18. The van der Waals surface area contributed by atoms with Gasteiger partial charge in [-0.3, -0.25) is 4.79 Å². The van der Waals surface area contributed by atoms with Gasteiger partial charge in [0.1, 0.15) is 0 Å². The maximum atomic E-state index is 11.5. The van der Waals surface area contributed by atoms with Gasteiger partial charge in [-0.25, -0.2) is 0 Å². The molecule has 0 aromatic rings. The molecule has 0 aliphatic heterocycles. The first kappa shape index (κ1) is 10.8. The number of allylic oxidation sites excluding steroid dienone is 1. The van der Waals surface area contributed by atoms with Gasteiger partial charge in [0, 0.05) is 5.57 Å². The van der Waals surface area contributed by atoms with Crippen molar-refractivity contribution in [3.8, 4) is 0 Å². The molecule has 1 atom stereocenters. The Morgan fingerprint density at radius 2 is 2.38 bits per heavy atom. The second-order valence-electron chi connectivity index (χ2n) is 3.98. The van der Waals surface area contributed by atoms with Crippen LogP contribution in [0.1, 0.15) is 27.2 Å². The van der Waals surface area contributed by atoms with Crippen molar-refractivity contribution in [1.82, 2.24) is 0 Å². The lowest BCUT2D eigenvalue weighted by molar-refractivity contribution is -0.109. The minimum absolute atomic E-state index is 0.0283. The van der Waals surface area contributed by atoms with Gasteiger partial charge >= 0.3 is 0 Å². The number of carbonyl (C=O) groups is 1. The first-order valence-corrected chi connectivity index (χ1v) is 5.53. The largest absolute Gasteiger partial charge is 0.388 e. The van der Waals surface area contributed by atoms with Gasteiger partial charge in [-0.2, -0.15) is 0 Å². The molecule has 0 saturated carbocycles. The van der Waals surface area contributed by atoms with E-state index in [1.165, 1.54) is 11.8 Å². The second kappa shape index (κ2) is 3.84. The molecule has 0 spiro atoms. The highest BCUT2D eigenvalue weighted by atomic mass is 32.2. The van der Waals surface area contributed by atoms with Crippen molar-refractivity contribution in [3.05, 3.63) is 11.6 Å². The predicted octanol–water partition coefficient (Wildman–Crippen LogP) is 1.98. The number of aliphatic hydroxyl groups is 1. The first-order chi connectivity index (χ1) is 5.99. The van der Waals surface area contributed by atoms with E-state index < -0.39 is 6.10 Å². The molecule has 2 nitrogen and oxygen atoms in total. The molecule has 0 amide bonds. The summed E-state index contributed by atoms with van der Waals surface area (Å²) in [7, 11) is 0. The molecule has 0 aromatic heterocycles. The maximum absolute atomic E-state index is 11.5. The monoisotopic (exact) mass is 200 g/mol. The van der Waals surface area contributed by atoms with Crippen LogP contribution in [0, 0.1) is 5.41 Å². The SMILES string of the molecule is CCSC(=O)C1=CCC(C)(C)C1O. The van der Waals surface area contributed by atoms with Crippen LogP contribution < -0.4 is 0 Å². The lowest BCUT2D eigenvalue weighted by atomic mass is 9.87. The van der Waals surface area contributed by atoms with Crippen molar-refractivity contribution in [2.75, 3.05) is 5.75 Å². The van der Waals surface area contributed by atoms with Crippen LogP contribution in [0.5, 0.6) is 0 Å². The zero-order valence-corrected chi connectivity index (χ0v) is 9.15. The molecule has 1 aliphatic rings. The highest BCUT2D eigenvalue weighted by molar-refractivity contribution is 8.14. The van der Waals surface area contributed by atoms with Crippen LogP contribution in [0.4, 0.5) is 0 Å². The summed E-state index contributed by atoms with van der Waals surface area (Å²) in [5, 5.41) is 9.84. The van der Waals surface area contributed by atoms with Gasteiger partial charge in [-0.15, -0.1) is 0 Å². The van der Waals surface area contributed by atoms with Gasteiger partial charge in [-0.1, -0.05) is 38.6 Å². The standard InChI is InChI=1S/C10H16O2S/c1-4-13-9(12)7-5-6-10(2,3)8(7)11/h5,8,11H,4,6H2,1-3H3. The average Bonchev–Trinajstić information content (AvgIpc) is 2.28. The van der Waals surface area contributed by atoms with Crippen molar-refractivity contribution in [3.63, 3.8) is 0 Å². The second-order valence-corrected chi connectivity index (χ2v) is 5.21. The number of hydrogen-bond acceptors (Lipinski definition) is 3. The molecular formula is C10H16O2S. The fraction of sp³-hybridized carbons (Fsp3) is 0.700. The lowest BCUT2D eigenvalue weighted by Crippen LogP contribution is -2.27. The van der Waals surface area contributed by atoms with Crippen molar-refractivity contribution in [2.24, 2.45) is 5.41 Å². The number of rotatable bonds is 2. The van der Waals surface area contributed by atoms with Crippen LogP contribution in [-0.4, -0.2) is 22.1 Å². The number of carbonyl (C=O) groups excluding carboxylic acids is 1. The van der Waals surface area contributed by atoms with E-state index in [1.54, 1.807) is 0 Å². The quantitative estimate of drug-likeness (QED) is 0.740. The molecule has 3 heteroatoms. The maximum Gasteiger partial charge on any atom is 0.217 e. The fourth-order valence-electron chi connectivity index (χ4n) is 1.43. The summed E-state index contributed by atoms with van der Waals surface area (Å²) >= 11 is 1.27. The van der Waals surface area contributed by atoms with Gasteiger partial charge < -0.3 is 5.11 Å². The molecule has 0 aromatic carbocycles. The molecule has 0 radical (unpaired) electrons. The summed E-state index contributed by atoms with van der Waals surface area (Å²) in [4.78, 5) is 11.5. The third kappa shape index (κ3) is 2.15. The molecule has 74 valence electrons. The Bertz CT molecular complexity index is 243. The third-order valence-electron chi connectivity index (χ3n) is 2.39. The fourth-order valence-corrected chi connectivity index (χ4v) is 2.05. The predicted molar refractivity (Wildman–Crippen MR) is 55.6 cm³/mol. The summed E-state index contributed by atoms with van der Waals surface area (Å²) in [6.07, 6.45) is 2.08. The van der Waals surface area contributed by atoms with E-state index in [0.29, 0.717) is 5.57 Å². The number of hydrogen-bond donors (Lipinski definition) is 1. The van der Waals surface area contributed by atoms with Crippen LogP contribution in [-0.2, 0) is 4.79 Å². The minimum Gasteiger partial charge on any atom is -0.388 e. The van der Waals surface area contributed by atoms with E-state index in [-0.39, 0.29) is 10.5 Å². The van der Waals surface area contributed by atoms with Crippen molar-refractivity contribution < 1.29 is 9.90 Å². The Morgan fingerprint density at radius 3 is 2.77 bits per heavy atom. The molecule has 0 bridgehead atoms. The van der Waals surface area contributed by atoms with E-state index in [0.717, 1.165) is 12.2 Å². The van der Waals surface area contributed by atoms with Gasteiger partial charge in [0.2, 0.25) is 5.12 Å². The topological polar surface area (TPSA) is 37.3 Å². The Balaban J connectivity index is 2.69. The first-order valence-electron chi connectivity index (χ1n) is 4.54. The van der Waals surface area contributed by atoms with E-state index in [2.05, 4.69) is 0 Å². The summed E-state index contributed by atoms with van der Waals surface area (Å²) in [6.45, 7) is 5.89. The van der Waals surface area contributed by atoms with Crippen molar-refractivity contribution in [1.29, 1.82) is 0 Å². The molecule has 0 fully saturated rings. The van der Waals surface area contributed by atoms with Crippen LogP contribution >= 0.6 is 11.8 Å². The van der Waals surface area contributed by atoms with Crippen molar-refractivity contribution in [2.45, 2.75) is 33.3 Å². The summed E-state index contributed by atoms with van der Waals surface area (Å²) in [6, 6.07) is 0. The Kier molecular flexibility index (Phi) is 3.19. The molecule has 0 saturated heterocycles. The van der Waals surface area contributed by atoms with E-state index >= 15 is 0 Å². The lowest BCUT2D eigenvalue weighted by Gasteiger charge is -2.23. The Morgan fingerprint density at radius 1 is 1.77 bits per heavy atom. The highest BCUT2D eigenvalue weighted by Crippen LogP contribution is 2.38. The molecule has 13 heavy (non-hydrogen) atoms. The summed E-state index contributed by atoms with van der Waals surface area (Å²) in [5.74, 6) is 0.767. The minimum atomic E-state index is -0.584. The van der Waals surface area contributed by atoms with E-state index in [4.69, 9.17) is 0 Å². The average molecular weight is 200 g/mol. The Hall–Kier alpha value is -0.280. The molecule has 0 heterocycles. The number of thioether (sulfide) groups is 1. The zero-order chi connectivity index (χ0) is 10.1. The van der Waals surface area contributed by atoms with E-state index in [9.17, 15) is 9.90 Å². The van der Waals surface area contributed by atoms with Crippen LogP contribution in [0.2, 0.25) is 0 Å². The van der Waals surface area contributed by atoms with Crippen molar-refractivity contribution >= 4 is 16.9 Å². The van der Waals surface area contributed by atoms with Crippen LogP contribution in [0.15, 0.2) is 11.6 Å². The zero-order valence-electron chi connectivity index (χ0n) is 8.33. The summed E-state index contributed by atoms with van der Waals surface area (Å²) in [5.41, 5.74) is 0.427. The number of aliphatic hydroxyl groups excluding tert-OH is 1. The summed E-state index contributed by atoms with van der Waals surface area (Å²) < 4.78 is 0. The van der Waals surface area contributed by atoms with Crippen LogP contribution in [0.3, 0.4) is 0 Å². The highest BCUT2D eigenvalue weighted by Gasteiger charge is 2.37. The van der Waals surface area contributed by atoms with Gasteiger partial charge in [0.25, 0.3) is 0 Å². The van der Waals surface area contributed by atoms with Gasteiger partial charge in [-0.05, 0) is 17.6 Å². The molecule has 1 rings (SSSR count). The van der Waals surface area contributed by atoms with Gasteiger partial charge in [0.15, 0.2) is 0 Å². The molecular weight excluding hydrogens is 184 g/mol. The van der Waals surface area contributed by atoms with Crippen LogP contribution in [0.25, 0.3) is 0 Å².